The molecule has 0 N–H and O–H groups in total. The van der Waals surface area contributed by atoms with E-state index in [-0.39, 0.29) is 6.92 Å². The fourth-order valence-electron chi connectivity index (χ4n) is 1.18. The summed E-state index contributed by atoms with van der Waals surface area (Å²) < 4.78 is 88.0. The van der Waals surface area contributed by atoms with Gasteiger partial charge in [-0.25, -0.2) is 13.6 Å². The number of cyclic esters (lactones) is 2. The van der Waals surface area contributed by atoms with Gasteiger partial charge in [0.2, 0.25) is 0 Å². The molecule has 1 aliphatic rings. The van der Waals surface area contributed by atoms with Crippen molar-refractivity contribution in [2.24, 2.45) is 0 Å². The minimum absolute atomic E-state index is 0.155. The summed E-state index contributed by atoms with van der Waals surface area (Å²) in [6.45, 7) is -2.55. The van der Waals surface area contributed by atoms with Crippen LogP contribution in [0.25, 0.3) is 0 Å². The summed E-state index contributed by atoms with van der Waals surface area (Å²) in [5.74, 6) is -8.46. The van der Waals surface area contributed by atoms with Gasteiger partial charge in [0.25, 0.3) is 5.92 Å². The molecule has 0 bridgehead atoms. The van der Waals surface area contributed by atoms with Crippen molar-refractivity contribution < 1.29 is 45.3 Å². The lowest BCUT2D eigenvalue weighted by atomic mass is 10.1. The molecule has 1 atom stereocenters. The number of hydrogen-bond donors (Lipinski definition) is 0. The minimum Gasteiger partial charge on any atom is -0.430 e. The van der Waals surface area contributed by atoms with Crippen LogP contribution in [0.3, 0.4) is 0 Å². The Labute approximate surface area is 103 Å². The monoisotopic (exact) mass is 296 g/mol. The maximum Gasteiger partial charge on any atom is 0.508 e. The van der Waals surface area contributed by atoms with Crippen molar-refractivity contribution in [3.05, 3.63) is 0 Å². The average molecular weight is 296 g/mol. The topological polar surface area (TPSA) is 44.8 Å². The summed E-state index contributed by atoms with van der Waals surface area (Å²) in [5, 5.41) is 0. The van der Waals surface area contributed by atoms with Crippen molar-refractivity contribution in [3.63, 3.8) is 0 Å². The molecule has 1 fully saturated rings. The van der Waals surface area contributed by atoms with Crippen LogP contribution in [0.5, 0.6) is 0 Å². The van der Waals surface area contributed by atoms with Gasteiger partial charge in [-0.05, 0) is 0 Å². The standard InChI is InChI=1S/C9H10F6O4/c1-7(10,11)9(14,15)18-4-8(12,13)2-5-3-17-6(16)19-5/h5H,2-4H2,1H3. The first-order chi connectivity index (χ1) is 8.43. The maximum absolute atomic E-state index is 13.2. The van der Waals surface area contributed by atoms with Crippen molar-refractivity contribution in [2.45, 2.75) is 37.4 Å². The quantitative estimate of drug-likeness (QED) is 0.558. The molecule has 4 nitrogen and oxygen atoms in total. The molecule has 112 valence electrons. The van der Waals surface area contributed by atoms with Crippen LogP contribution in [-0.2, 0) is 14.2 Å². The predicted molar refractivity (Wildman–Crippen MR) is 47.3 cm³/mol. The van der Waals surface area contributed by atoms with Crippen molar-refractivity contribution in [3.8, 4) is 0 Å². The van der Waals surface area contributed by atoms with Gasteiger partial charge >= 0.3 is 18.2 Å². The Balaban J connectivity index is 2.49. The molecular weight excluding hydrogens is 286 g/mol. The molecule has 0 aliphatic carbocycles. The van der Waals surface area contributed by atoms with E-state index in [9.17, 15) is 31.1 Å². The normalized spacial score (nSPS) is 21.2. The second-order valence-corrected chi connectivity index (χ2v) is 4.05. The van der Waals surface area contributed by atoms with E-state index >= 15 is 0 Å². The highest BCUT2D eigenvalue weighted by Gasteiger charge is 2.55. The molecule has 0 saturated carbocycles. The van der Waals surface area contributed by atoms with Gasteiger partial charge < -0.3 is 14.2 Å². The first-order valence-corrected chi connectivity index (χ1v) is 5.04. The molecule has 19 heavy (non-hydrogen) atoms. The lowest BCUT2D eigenvalue weighted by Crippen LogP contribution is -2.43. The van der Waals surface area contributed by atoms with Gasteiger partial charge in [-0.15, -0.1) is 0 Å². The third-order valence-corrected chi connectivity index (χ3v) is 2.15. The van der Waals surface area contributed by atoms with E-state index < -0.39 is 49.8 Å². The van der Waals surface area contributed by atoms with Crippen LogP contribution in [0.2, 0.25) is 0 Å². The molecule has 1 unspecified atom stereocenters. The van der Waals surface area contributed by atoms with Crippen LogP contribution >= 0.6 is 0 Å². The molecule has 0 aromatic rings. The van der Waals surface area contributed by atoms with E-state index in [0.29, 0.717) is 0 Å². The SMILES string of the molecule is CC(F)(F)C(F)(F)OCC(F)(F)CC1COC(=O)O1. The van der Waals surface area contributed by atoms with Crippen LogP contribution in [-0.4, -0.2) is 43.4 Å². The Hall–Kier alpha value is -1.19. The Morgan fingerprint density at radius 1 is 1.26 bits per heavy atom. The molecule has 1 heterocycles. The zero-order valence-corrected chi connectivity index (χ0v) is 9.60. The van der Waals surface area contributed by atoms with Gasteiger partial charge in [0.15, 0.2) is 0 Å². The second kappa shape index (κ2) is 5.06. The summed E-state index contributed by atoms with van der Waals surface area (Å²) in [6, 6.07) is 0. The van der Waals surface area contributed by atoms with E-state index in [1.807, 2.05) is 0 Å². The van der Waals surface area contributed by atoms with Crippen molar-refractivity contribution in [1.29, 1.82) is 0 Å². The summed E-state index contributed by atoms with van der Waals surface area (Å²) in [4.78, 5) is 10.4. The summed E-state index contributed by atoms with van der Waals surface area (Å²) in [5.41, 5.74) is 0. The molecule has 10 heteroatoms. The zero-order valence-electron chi connectivity index (χ0n) is 9.60. The van der Waals surface area contributed by atoms with E-state index in [0.717, 1.165) is 0 Å². The van der Waals surface area contributed by atoms with Crippen LogP contribution in [0.4, 0.5) is 31.1 Å². The molecule has 1 aliphatic heterocycles. The molecule has 0 radical (unpaired) electrons. The van der Waals surface area contributed by atoms with Gasteiger partial charge in [-0.2, -0.15) is 17.6 Å². The molecule has 0 aromatic heterocycles. The Morgan fingerprint density at radius 3 is 2.26 bits per heavy atom. The second-order valence-electron chi connectivity index (χ2n) is 4.05. The number of carbonyl (C=O) groups excluding carboxylic acids is 1. The molecule has 0 spiro atoms. The van der Waals surface area contributed by atoms with Crippen LogP contribution in [0.15, 0.2) is 0 Å². The largest absolute Gasteiger partial charge is 0.508 e. The lowest BCUT2D eigenvalue weighted by molar-refractivity contribution is -0.354. The fourth-order valence-corrected chi connectivity index (χ4v) is 1.18. The fraction of sp³-hybridized carbons (Fsp3) is 0.889. The van der Waals surface area contributed by atoms with Crippen molar-refractivity contribution >= 4 is 6.16 Å². The van der Waals surface area contributed by atoms with E-state index in [1.165, 1.54) is 0 Å². The third kappa shape index (κ3) is 4.44. The molecule has 0 amide bonds. The van der Waals surface area contributed by atoms with Gasteiger partial charge in [0.1, 0.15) is 19.3 Å². The number of ether oxygens (including phenoxy) is 3. The number of hydrogen-bond acceptors (Lipinski definition) is 4. The van der Waals surface area contributed by atoms with E-state index in [2.05, 4.69) is 14.2 Å². The smallest absolute Gasteiger partial charge is 0.430 e. The predicted octanol–water partition coefficient (Wildman–Crippen LogP) is 2.81. The average Bonchev–Trinajstić information content (AvgIpc) is 2.59. The van der Waals surface area contributed by atoms with Gasteiger partial charge in [-0.1, -0.05) is 0 Å². The van der Waals surface area contributed by atoms with Gasteiger partial charge in [0.05, 0.1) is 6.42 Å². The van der Waals surface area contributed by atoms with Crippen LogP contribution in [0.1, 0.15) is 13.3 Å². The van der Waals surface area contributed by atoms with Gasteiger partial charge in [0, 0.05) is 6.92 Å². The zero-order chi connectivity index (χ0) is 14.9. The minimum atomic E-state index is -5.01. The Kier molecular flexibility index (Phi) is 4.23. The number of alkyl halides is 6. The van der Waals surface area contributed by atoms with Gasteiger partial charge in [-0.3, -0.25) is 0 Å². The van der Waals surface area contributed by atoms with Crippen LogP contribution < -0.4 is 0 Å². The highest BCUT2D eigenvalue weighted by molar-refractivity contribution is 5.61. The molecular formula is C9H10F6O4. The van der Waals surface area contributed by atoms with Crippen LogP contribution in [0, 0.1) is 0 Å². The van der Waals surface area contributed by atoms with E-state index in [4.69, 9.17) is 0 Å². The summed E-state index contributed by atoms with van der Waals surface area (Å²) in [7, 11) is 0. The lowest BCUT2D eigenvalue weighted by Gasteiger charge is -2.25. The number of carbonyl (C=O) groups is 1. The number of rotatable bonds is 6. The maximum atomic E-state index is 13.2. The molecule has 1 saturated heterocycles. The van der Waals surface area contributed by atoms with Crippen molar-refractivity contribution in [1.82, 2.24) is 0 Å². The van der Waals surface area contributed by atoms with Crippen molar-refractivity contribution in [2.75, 3.05) is 13.2 Å². The Bertz CT molecular complexity index is 340. The summed E-state index contributed by atoms with van der Waals surface area (Å²) >= 11 is 0. The Morgan fingerprint density at radius 2 is 1.84 bits per heavy atom. The molecule has 1 rings (SSSR count). The number of halogens is 6. The highest BCUT2D eigenvalue weighted by Crippen LogP contribution is 2.36. The first kappa shape index (κ1) is 15.9. The molecule has 0 aromatic carbocycles. The highest BCUT2D eigenvalue weighted by atomic mass is 19.3. The first-order valence-electron chi connectivity index (χ1n) is 5.04. The summed E-state index contributed by atoms with van der Waals surface area (Å²) in [6.07, 6.45) is -8.67. The third-order valence-electron chi connectivity index (χ3n) is 2.15. The van der Waals surface area contributed by atoms with E-state index in [1.54, 1.807) is 0 Å².